The smallest absolute Gasteiger partial charge is 0.295 e. The van der Waals surface area contributed by atoms with Gasteiger partial charge >= 0.3 is 0 Å². The third-order valence-corrected chi connectivity index (χ3v) is 7.79. The molecule has 2 heterocycles. The molecule has 1 aliphatic rings. The first kappa shape index (κ1) is 28.9. The topological polar surface area (TPSA) is 84.7 Å². The minimum absolute atomic E-state index is 0.0475. The summed E-state index contributed by atoms with van der Waals surface area (Å²) >= 11 is 0. The van der Waals surface area contributed by atoms with Crippen LogP contribution in [0.2, 0.25) is 0 Å². The first-order valence-corrected chi connectivity index (χ1v) is 14.3. The average molecular weight is 564 g/mol. The SMILES string of the molecule is Cc1ccccc1COc1ccc(/C(O)=C2\C(=O)C(=O)N(CCCn3ccnc3)C2c2ccc(C(C)(C)C)cc2)cc1. The van der Waals surface area contributed by atoms with Gasteiger partial charge in [-0.1, -0.05) is 69.3 Å². The molecule has 1 saturated heterocycles. The van der Waals surface area contributed by atoms with Crippen molar-refractivity contribution in [2.75, 3.05) is 6.54 Å². The van der Waals surface area contributed by atoms with Crippen LogP contribution in [-0.4, -0.2) is 37.8 Å². The fourth-order valence-electron chi connectivity index (χ4n) is 5.26. The quantitative estimate of drug-likeness (QED) is 0.141. The van der Waals surface area contributed by atoms with E-state index in [0.29, 0.717) is 37.4 Å². The highest BCUT2D eigenvalue weighted by Gasteiger charge is 2.45. The molecule has 1 fully saturated rings. The molecule has 5 rings (SSSR count). The van der Waals surface area contributed by atoms with Crippen LogP contribution in [0.1, 0.15) is 61.1 Å². The Balaban J connectivity index is 1.44. The summed E-state index contributed by atoms with van der Waals surface area (Å²) in [5.41, 5.74) is 4.67. The van der Waals surface area contributed by atoms with Crippen LogP contribution in [0.15, 0.2) is 97.1 Å². The Hall–Kier alpha value is -4.65. The van der Waals surface area contributed by atoms with E-state index in [1.807, 2.05) is 66.2 Å². The number of aliphatic hydroxyl groups excluding tert-OH is 1. The zero-order chi connectivity index (χ0) is 29.9. The van der Waals surface area contributed by atoms with E-state index in [9.17, 15) is 14.7 Å². The minimum atomic E-state index is -0.696. The van der Waals surface area contributed by atoms with Gasteiger partial charge in [-0.2, -0.15) is 0 Å². The van der Waals surface area contributed by atoms with Gasteiger partial charge in [0.2, 0.25) is 0 Å². The Morgan fingerprint density at radius 3 is 2.31 bits per heavy atom. The van der Waals surface area contributed by atoms with Crippen LogP contribution in [0.5, 0.6) is 5.75 Å². The predicted octanol–water partition coefficient (Wildman–Crippen LogP) is 6.58. The van der Waals surface area contributed by atoms with Gasteiger partial charge in [0.15, 0.2) is 0 Å². The normalized spacial score (nSPS) is 16.7. The molecular formula is C35H37N3O4. The minimum Gasteiger partial charge on any atom is -0.507 e. The van der Waals surface area contributed by atoms with E-state index in [2.05, 4.69) is 25.8 Å². The lowest BCUT2D eigenvalue weighted by Gasteiger charge is -2.26. The molecular weight excluding hydrogens is 526 g/mol. The van der Waals surface area contributed by atoms with Crippen LogP contribution in [0.3, 0.4) is 0 Å². The molecule has 0 radical (unpaired) electrons. The summed E-state index contributed by atoms with van der Waals surface area (Å²) in [6.07, 6.45) is 5.94. The molecule has 7 heteroatoms. The zero-order valence-electron chi connectivity index (χ0n) is 24.6. The van der Waals surface area contributed by atoms with E-state index >= 15 is 0 Å². The maximum Gasteiger partial charge on any atom is 0.295 e. The van der Waals surface area contributed by atoms with Crippen LogP contribution in [-0.2, 0) is 28.2 Å². The zero-order valence-corrected chi connectivity index (χ0v) is 24.6. The van der Waals surface area contributed by atoms with Gasteiger partial charge in [-0.25, -0.2) is 4.98 Å². The van der Waals surface area contributed by atoms with Gasteiger partial charge in [0.25, 0.3) is 11.7 Å². The number of likely N-dealkylation sites (tertiary alicyclic amines) is 1. The Morgan fingerprint density at radius 2 is 1.67 bits per heavy atom. The third-order valence-electron chi connectivity index (χ3n) is 7.79. The van der Waals surface area contributed by atoms with Crippen molar-refractivity contribution in [2.45, 2.75) is 58.7 Å². The Bertz CT molecular complexity index is 1580. The highest BCUT2D eigenvalue weighted by atomic mass is 16.5. The van der Waals surface area contributed by atoms with Gasteiger partial charge < -0.3 is 19.3 Å². The van der Waals surface area contributed by atoms with Gasteiger partial charge in [-0.05, 0) is 65.3 Å². The number of hydrogen-bond acceptors (Lipinski definition) is 5. The largest absolute Gasteiger partial charge is 0.507 e. The number of imidazole rings is 1. The lowest BCUT2D eigenvalue weighted by Crippen LogP contribution is -2.31. The van der Waals surface area contributed by atoms with Gasteiger partial charge in [-0.3, -0.25) is 9.59 Å². The molecule has 42 heavy (non-hydrogen) atoms. The van der Waals surface area contributed by atoms with Gasteiger partial charge in [0, 0.05) is 31.0 Å². The molecule has 1 aromatic heterocycles. The van der Waals surface area contributed by atoms with Crippen molar-refractivity contribution in [3.05, 3.63) is 125 Å². The van der Waals surface area contributed by atoms with Crippen LogP contribution in [0.4, 0.5) is 0 Å². The lowest BCUT2D eigenvalue weighted by atomic mass is 9.85. The molecule has 0 aliphatic carbocycles. The number of aliphatic hydroxyl groups is 1. The number of rotatable bonds is 9. The number of aromatic nitrogens is 2. The van der Waals surface area contributed by atoms with Crippen LogP contribution >= 0.6 is 0 Å². The maximum atomic E-state index is 13.4. The molecule has 1 atom stereocenters. The highest BCUT2D eigenvalue weighted by Crippen LogP contribution is 2.40. The number of Topliss-reactive ketones (excluding diaryl/α,β-unsaturated/α-hetero) is 1. The average Bonchev–Trinajstić information content (AvgIpc) is 3.59. The summed E-state index contributed by atoms with van der Waals surface area (Å²) in [7, 11) is 0. The van der Waals surface area contributed by atoms with E-state index in [4.69, 9.17) is 4.74 Å². The number of nitrogens with zero attached hydrogens (tertiary/aromatic N) is 3. The van der Waals surface area contributed by atoms with E-state index < -0.39 is 17.7 Å². The standard InChI is InChI=1S/C35H37N3O4/c1-24-8-5-6-9-27(24)22-42-29-16-12-26(13-17-29)32(39)30-31(25-10-14-28(15-11-25)35(2,3)4)38(34(41)33(30)40)20-7-19-37-21-18-36-23-37/h5-6,8-18,21,23,31,39H,7,19-20,22H2,1-4H3/b32-30+. The summed E-state index contributed by atoms with van der Waals surface area (Å²) in [5.74, 6) is -0.838. The van der Waals surface area contributed by atoms with Crippen molar-refractivity contribution in [1.29, 1.82) is 0 Å². The molecule has 1 aliphatic heterocycles. The van der Waals surface area contributed by atoms with Gasteiger partial charge in [-0.15, -0.1) is 0 Å². The number of carbonyl (C=O) groups excluding carboxylic acids is 2. The number of amides is 1. The Labute approximate surface area is 247 Å². The Morgan fingerprint density at radius 1 is 0.952 bits per heavy atom. The number of ether oxygens (including phenoxy) is 1. The molecule has 1 N–H and O–H groups in total. The molecule has 0 bridgehead atoms. The molecule has 3 aromatic carbocycles. The number of aryl methyl sites for hydroxylation is 2. The van der Waals surface area contributed by atoms with Crippen molar-refractivity contribution >= 4 is 17.4 Å². The maximum absolute atomic E-state index is 13.4. The summed E-state index contributed by atoms with van der Waals surface area (Å²) < 4.78 is 7.90. The summed E-state index contributed by atoms with van der Waals surface area (Å²) in [6, 6.07) is 22.3. The molecule has 7 nitrogen and oxygen atoms in total. The molecule has 0 saturated carbocycles. The van der Waals surface area contributed by atoms with Crippen molar-refractivity contribution < 1.29 is 19.4 Å². The van der Waals surface area contributed by atoms with Crippen LogP contribution < -0.4 is 4.74 Å². The highest BCUT2D eigenvalue weighted by molar-refractivity contribution is 6.46. The molecule has 4 aromatic rings. The molecule has 216 valence electrons. The number of hydrogen-bond donors (Lipinski definition) is 1. The van der Waals surface area contributed by atoms with Crippen LogP contribution in [0.25, 0.3) is 5.76 Å². The second-order valence-corrected chi connectivity index (χ2v) is 11.8. The number of carbonyl (C=O) groups is 2. The van der Waals surface area contributed by atoms with E-state index in [1.165, 1.54) is 0 Å². The summed E-state index contributed by atoms with van der Waals surface area (Å²) in [6.45, 7) is 9.89. The predicted molar refractivity (Wildman–Crippen MR) is 163 cm³/mol. The van der Waals surface area contributed by atoms with Crippen molar-refractivity contribution in [1.82, 2.24) is 14.5 Å². The van der Waals surface area contributed by atoms with E-state index in [0.717, 1.165) is 22.3 Å². The van der Waals surface area contributed by atoms with Gasteiger partial charge in [0.1, 0.15) is 18.1 Å². The monoisotopic (exact) mass is 563 g/mol. The molecule has 1 amide bonds. The van der Waals surface area contributed by atoms with Crippen LogP contribution in [0, 0.1) is 6.92 Å². The fraction of sp³-hybridized carbons (Fsp3) is 0.286. The molecule has 0 spiro atoms. The lowest BCUT2D eigenvalue weighted by molar-refractivity contribution is -0.139. The first-order chi connectivity index (χ1) is 20.1. The third kappa shape index (κ3) is 6.15. The summed E-state index contributed by atoms with van der Waals surface area (Å²) in [5, 5.41) is 11.5. The van der Waals surface area contributed by atoms with Gasteiger partial charge in [0.05, 0.1) is 17.9 Å². The fourth-order valence-corrected chi connectivity index (χ4v) is 5.26. The second-order valence-electron chi connectivity index (χ2n) is 11.8. The second kappa shape index (κ2) is 12.1. The molecule has 1 unspecified atom stereocenters. The Kier molecular flexibility index (Phi) is 8.29. The van der Waals surface area contributed by atoms with Crippen molar-refractivity contribution in [2.24, 2.45) is 0 Å². The number of benzene rings is 3. The summed E-state index contributed by atoms with van der Waals surface area (Å²) in [4.78, 5) is 32.4. The van der Waals surface area contributed by atoms with Crippen molar-refractivity contribution in [3.8, 4) is 5.75 Å². The first-order valence-electron chi connectivity index (χ1n) is 14.3. The van der Waals surface area contributed by atoms with Crippen molar-refractivity contribution in [3.63, 3.8) is 0 Å². The van der Waals surface area contributed by atoms with E-state index in [-0.39, 0.29) is 16.7 Å². The number of ketones is 1. The van der Waals surface area contributed by atoms with E-state index in [1.54, 1.807) is 41.7 Å².